The van der Waals surface area contributed by atoms with Crippen LogP contribution in [-0.2, 0) is 14.6 Å². The molecule has 8 nitrogen and oxygen atoms in total. The molecule has 0 spiro atoms. The number of hydrogen-bond acceptors (Lipinski definition) is 7. The zero-order valence-corrected chi connectivity index (χ0v) is 29.5. The summed E-state index contributed by atoms with van der Waals surface area (Å²) in [6.07, 6.45) is -2.43. The normalized spacial score (nSPS) is 22.2. The number of nitrogens with one attached hydrogen (secondary N) is 1. The number of hydrogen-bond donors (Lipinski definition) is 1. The Morgan fingerprint density at radius 2 is 1.70 bits per heavy atom. The van der Waals surface area contributed by atoms with E-state index in [2.05, 4.69) is 30.1 Å². The van der Waals surface area contributed by atoms with Gasteiger partial charge in [0.15, 0.2) is 9.84 Å². The van der Waals surface area contributed by atoms with Crippen LogP contribution in [0.5, 0.6) is 0 Å². The number of alkyl halides is 5. The highest BCUT2D eigenvalue weighted by atomic mass is 32.2. The predicted molar refractivity (Wildman–Crippen MR) is 180 cm³/mol. The van der Waals surface area contributed by atoms with Crippen molar-refractivity contribution in [2.75, 3.05) is 36.9 Å². The number of ether oxygens (including phenoxy) is 1. The van der Waals surface area contributed by atoms with E-state index in [4.69, 9.17) is 4.74 Å². The van der Waals surface area contributed by atoms with E-state index in [9.17, 15) is 40.4 Å². The first kappa shape index (κ1) is 39.5. The van der Waals surface area contributed by atoms with E-state index in [1.165, 1.54) is 12.1 Å². The number of rotatable bonds is 15. The van der Waals surface area contributed by atoms with Gasteiger partial charge in [0.2, 0.25) is 0 Å². The SMILES string of the molecule is CCS(=O)(=O)c1ccc([C@H](CC#N)NC(=O)c2ccc(N3CC(N(CC(C)C)C[C@H]4CC[C@H](C(F)(F)F)CC4)C[C@H]3COC(F)F)cc2)cc1. The van der Waals surface area contributed by atoms with Crippen molar-refractivity contribution in [3.8, 4) is 6.07 Å². The molecule has 2 aromatic rings. The van der Waals surface area contributed by atoms with Gasteiger partial charge in [-0.1, -0.05) is 32.9 Å². The van der Waals surface area contributed by atoms with Gasteiger partial charge in [0.05, 0.1) is 47.7 Å². The van der Waals surface area contributed by atoms with Gasteiger partial charge in [-0.3, -0.25) is 9.69 Å². The highest BCUT2D eigenvalue weighted by Crippen LogP contribution is 2.40. The number of benzene rings is 2. The maximum Gasteiger partial charge on any atom is 0.391 e. The third-order valence-electron chi connectivity index (χ3n) is 9.81. The van der Waals surface area contributed by atoms with Gasteiger partial charge in [-0.05, 0) is 85.9 Å². The molecule has 2 aromatic carbocycles. The molecule has 276 valence electrons. The van der Waals surface area contributed by atoms with Crippen molar-refractivity contribution >= 4 is 21.4 Å². The van der Waals surface area contributed by atoms with Crippen molar-refractivity contribution in [1.29, 1.82) is 5.26 Å². The minimum Gasteiger partial charge on any atom is -0.365 e. The van der Waals surface area contributed by atoms with Gasteiger partial charge < -0.3 is 15.0 Å². The Morgan fingerprint density at radius 3 is 2.24 bits per heavy atom. The van der Waals surface area contributed by atoms with Crippen LogP contribution in [0.25, 0.3) is 0 Å². The predicted octanol–water partition coefficient (Wildman–Crippen LogP) is 7.38. The first-order valence-electron chi connectivity index (χ1n) is 17.2. The minimum absolute atomic E-state index is 0.0302. The maximum atomic E-state index is 13.3. The summed E-state index contributed by atoms with van der Waals surface area (Å²) in [5.41, 5.74) is 1.60. The fourth-order valence-electron chi connectivity index (χ4n) is 7.12. The molecule has 1 unspecified atom stereocenters. The topological polar surface area (TPSA) is 103 Å². The first-order valence-corrected chi connectivity index (χ1v) is 18.8. The average molecular weight is 727 g/mol. The van der Waals surface area contributed by atoms with Gasteiger partial charge in [-0.15, -0.1) is 0 Å². The Hall–Kier alpha value is -3.28. The second-order valence-corrected chi connectivity index (χ2v) is 16.1. The monoisotopic (exact) mass is 726 g/mol. The molecule has 1 aliphatic heterocycles. The first-order chi connectivity index (χ1) is 23.6. The van der Waals surface area contributed by atoms with Crippen molar-refractivity contribution in [2.24, 2.45) is 17.8 Å². The molecule has 1 N–H and O–H groups in total. The molecule has 0 radical (unpaired) electrons. The number of halogens is 5. The summed E-state index contributed by atoms with van der Waals surface area (Å²) < 4.78 is 95.3. The van der Waals surface area contributed by atoms with Crippen LogP contribution >= 0.6 is 0 Å². The molecular formula is C36H47F5N4O4S. The third kappa shape index (κ3) is 10.6. The lowest BCUT2D eigenvalue weighted by Crippen LogP contribution is -2.43. The molecule has 1 aliphatic carbocycles. The van der Waals surface area contributed by atoms with Gasteiger partial charge in [0.25, 0.3) is 5.91 Å². The largest absolute Gasteiger partial charge is 0.391 e. The molecule has 1 heterocycles. The lowest BCUT2D eigenvalue weighted by Gasteiger charge is -2.37. The second-order valence-electron chi connectivity index (χ2n) is 13.8. The summed E-state index contributed by atoms with van der Waals surface area (Å²) in [4.78, 5) is 17.7. The molecule has 4 rings (SSSR count). The number of anilines is 1. The van der Waals surface area contributed by atoms with E-state index >= 15 is 0 Å². The second kappa shape index (κ2) is 17.3. The molecule has 2 fully saturated rings. The van der Waals surface area contributed by atoms with Crippen LogP contribution in [0.3, 0.4) is 0 Å². The highest BCUT2D eigenvalue weighted by molar-refractivity contribution is 7.91. The molecule has 1 saturated heterocycles. The van der Waals surface area contributed by atoms with Crippen LogP contribution in [0.2, 0.25) is 0 Å². The Morgan fingerprint density at radius 1 is 1.06 bits per heavy atom. The van der Waals surface area contributed by atoms with Gasteiger partial charge in [0, 0.05) is 36.9 Å². The number of amides is 1. The lowest BCUT2D eigenvalue weighted by atomic mass is 9.81. The third-order valence-corrected chi connectivity index (χ3v) is 11.6. The number of nitrogens with zero attached hydrogens (tertiary/aromatic N) is 3. The number of sulfone groups is 1. The van der Waals surface area contributed by atoms with E-state index in [0.29, 0.717) is 49.2 Å². The van der Waals surface area contributed by atoms with Crippen molar-refractivity contribution < 1.29 is 39.9 Å². The zero-order chi connectivity index (χ0) is 36.6. The Balaban J connectivity index is 1.47. The van der Waals surface area contributed by atoms with Crippen LogP contribution in [0.4, 0.5) is 27.6 Å². The molecule has 50 heavy (non-hydrogen) atoms. The van der Waals surface area contributed by atoms with E-state index in [1.54, 1.807) is 43.3 Å². The van der Waals surface area contributed by atoms with E-state index in [-0.39, 0.29) is 60.4 Å². The van der Waals surface area contributed by atoms with Crippen LogP contribution in [0.1, 0.15) is 81.3 Å². The van der Waals surface area contributed by atoms with E-state index in [0.717, 1.165) is 6.54 Å². The molecule has 3 atom stereocenters. The number of carbonyl (C=O) groups excluding carboxylic acids is 1. The Labute approximate surface area is 291 Å². The van der Waals surface area contributed by atoms with E-state index in [1.807, 2.05) is 4.90 Å². The molecule has 1 amide bonds. The molecule has 1 saturated carbocycles. The molecule has 14 heteroatoms. The smallest absolute Gasteiger partial charge is 0.365 e. The Kier molecular flexibility index (Phi) is 13.7. The summed E-state index contributed by atoms with van der Waals surface area (Å²) in [6.45, 7) is 4.42. The van der Waals surface area contributed by atoms with Crippen LogP contribution < -0.4 is 10.2 Å². The van der Waals surface area contributed by atoms with E-state index < -0.39 is 40.5 Å². The van der Waals surface area contributed by atoms with Crippen molar-refractivity contribution in [3.05, 3.63) is 59.7 Å². The lowest BCUT2D eigenvalue weighted by molar-refractivity contribution is -0.184. The fraction of sp³-hybridized carbons (Fsp3) is 0.611. The maximum absolute atomic E-state index is 13.3. The minimum atomic E-state index is -4.17. The van der Waals surface area contributed by atoms with Crippen LogP contribution in [0.15, 0.2) is 53.4 Å². The quantitative estimate of drug-likeness (QED) is 0.191. The van der Waals surface area contributed by atoms with Crippen LogP contribution in [0, 0.1) is 29.1 Å². The highest BCUT2D eigenvalue weighted by Gasteiger charge is 2.42. The number of nitriles is 1. The average Bonchev–Trinajstić information content (AvgIpc) is 3.51. The fourth-order valence-corrected chi connectivity index (χ4v) is 8.01. The van der Waals surface area contributed by atoms with Crippen molar-refractivity contribution in [2.45, 2.75) is 95.1 Å². The molecule has 2 aliphatic rings. The van der Waals surface area contributed by atoms with Gasteiger partial charge in [-0.2, -0.15) is 27.2 Å². The standard InChI is InChI=1S/C36H47F5N4O4S/c1-4-50(47,48)32-15-9-26(10-16-32)33(17-18-42)43-34(46)27-7-13-29(14-8-27)45-22-30(19-31(45)23-49-35(37)38)44(20-24(2)3)21-25-5-11-28(12-6-25)36(39,40)41/h7-10,13-16,24-25,28,30-31,33,35H,4-6,11-12,17,19-23H2,1-3H3,(H,43,46)/t25-,28-,30?,31-,33-/m0/s1. The van der Waals surface area contributed by atoms with Gasteiger partial charge >= 0.3 is 12.8 Å². The summed E-state index contributed by atoms with van der Waals surface area (Å²) in [6, 6.07) is 13.7. The zero-order valence-electron chi connectivity index (χ0n) is 28.7. The van der Waals surface area contributed by atoms with Crippen LogP contribution in [-0.4, -0.2) is 76.1 Å². The summed E-state index contributed by atoms with van der Waals surface area (Å²) in [5.74, 6) is -1.33. The van der Waals surface area contributed by atoms with Crippen molar-refractivity contribution in [1.82, 2.24) is 10.2 Å². The van der Waals surface area contributed by atoms with Gasteiger partial charge in [-0.25, -0.2) is 8.42 Å². The summed E-state index contributed by atoms with van der Waals surface area (Å²) >= 11 is 0. The number of carbonyl (C=O) groups is 1. The van der Waals surface area contributed by atoms with Gasteiger partial charge in [0.1, 0.15) is 0 Å². The molecule has 0 aromatic heterocycles. The summed E-state index contributed by atoms with van der Waals surface area (Å²) in [7, 11) is -3.41. The molecule has 0 bridgehead atoms. The van der Waals surface area contributed by atoms with Crippen molar-refractivity contribution in [3.63, 3.8) is 0 Å². The Bertz CT molecular complexity index is 1540. The summed E-state index contributed by atoms with van der Waals surface area (Å²) in [5, 5.41) is 12.2. The molecular weight excluding hydrogens is 679 g/mol.